The highest BCUT2D eigenvalue weighted by atomic mass is 32.2. The van der Waals surface area contributed by atoms with Crippen LogP contribution in [0, 0.1) is 11.3 Å². The lowest BCUT2D eigenvalue weighted by molar-refractivity contribution is -0.160. The molecule has 0 N–H and O–H groups in total. The average molecular weight is 273 g/mol. The molecule has 1 atom stereocenters. The smallest absolute Gasteiger partial charge is 0.319 e. The molecule has 0 radical (unpaired) electrons. The number of carbonyl (C=O) groups is 2. The van der Waals surface area contributed by atoms with Gasteiger partial charge in [-0.1, -0.05) is 20.8 Å². The van der Waals surface area contributed by atoms with Crippen molar-refractivity contribution in [3.8, 4) is 0 Å². The molecule has 0 aromatic heterocycles. The van der Waals surface area contributed by atoms with Crippen LogP contribution in [0.5, 0.6) is 0 Å². The van der Waals surface area contributed by atoms with Crippen LogP contribution in [0.2, 0.25) is 0 Å². The number of rotatable bonds is 3. The number of carbonyl (C=O) groups excluding carboxylic acids is 2. The Labute approximate surface area is 113 Å². The van der Waals surface area contributed by atoms with E-state index in [4.69, 9.17) is 4.74 Å². The second-order valence-corrected chi connectivity index (χ2v) is 6.71. The molecular weight excluding hydrogens is 250 g/mol. The van der Waals surface area contributed by atoms with Crippen molar-refractivity contribution in [3.63, 3.8) is 0 Å². The molecule has 1 unspecified atom stereocenters. The number of amides is 1. The maximum atomic E-state index is 12.5. The van der Waals surface area contributed by atoms with Gasteiger partial charge in [-0.05, 0) is 12.3 Å². The molecule has 1 aliphatic rings. The maximum Gasteiger partial charge on any atom is 0.319 e. The molecule has 5 heteroatoms. The largest absolute Gasteiger partial charge is 0.465 e. The normalized spacial score (nSPS) is 18.3. The molecule has 0 aliphatic carbocycles. The second kappa shape index (κ2) is 6.45. The molecule has 1 aliphatic heterocycles. The average Bonchev–Trinajstić information content (AvgIpc) is 2.28. The lowest BCUT2D eigenvalue weighted by Gasteiger charge is -2.34. The zero-order valence-electron chi connectivity index (χ0n) is 11.7. The highest BCUT2D eigenvalue weighted by Gasteiger charge is 2.41. The van der Waals surface area contributed by atoms with Gasteiger partial charge in [-0.25, -0.2) is 0 Å². The van der Waals surface area contributed by atoms with Crippen molar-refractivity contribution < 1.29 is 14.3 Å². The summed E-state index contributed by atoms with van der Waals surface area (Å²) < 4.78 is 5.05. The van der Waals surface area contributed by atoms with Crippen LogP contribution in [0.15, 0.2) is 0 Å². The van der Waals surface area contributed by atoms with Crippen LogP contribution in [-0.4, -0.2) is 48.0 Å². The van der Waals surface area contributed by atoms with Crippen LogP contribution >= 0.6 is 11.8 Å². The fourth-order valence-corrected chi connectivity index (χ4v) is 2.92. The quantitative estimate of drug-likeness (QED) is 0.581. The molecule has 1 amide bonds. The van der Waals surface area contributed by atoms with Gasteiger partial charge in [0.05, 0.1) is 6.61 Å². The summed E-state index contributed by atoms with van der Waals surface area (Å²) in [6, 6.07) is 0. The first-order valence-corrected chi connectivity index (χ1v) is 7.56. The molecule has 1 saturated heterocycles. The third-order valence-corrected chi connectivity index (χ3v) is 3.90. The Kier molecular flexibility index (Phi) is 5.50. The van der Waals surface area contributed by atoms with E-state index in [2.05, 4.69) is 0 Å². The minimum Gasteiger partial charge on any atom is -0.465 e. The summed E-state index contributed by atoms with van der Waals surface area (Å²) in [5.41, 5.74) is -0.409. The number of esters is 1. The van der Waals surface area contributed by atoms with E-state index in [1.165, 1.54) is 0 Å². The van der Waals surface area contributed by atoms with Gasteiger partial charge in [0.15, 0.2) is 0 Å². The van der Waals surface area contributed by atoms with Crippen molar-refractivity contribution in [2.24, 2.45) is 11.3 Å². The lowest BCUT2D eigenvalue weighted by atomic mass is 9.79. The number of hydrogen-bond donors (Lipinski definition) is 0. The van der Waals surface area contributed by atoms with E-state index in [-0.39, 0.29) is 5.91 Å². The predicted molar refractivity (Wildman–Crippen MR) is 73.5 cm³/mol. The van der Waals surface area contributed by atoms with Crippen LogP contribution in [-0.2, 0) is 14.3 Å². The molecule has 0 aromatic carbocycles. The van der Waals surface area contributed by atoms with Crippen LogP contribution in [0.4, 0.5) is 0 Å². The molecular formula is C13H23NO3S. The Morgan fingerprint density at radius 2 is 1.83 bits per heavy atom. The van der Waals surface area contributed by atoms with Gasteiger partial charge in [0, 0.05) is 24.6 Å². The minimum absolute atomic E-state index is 0.0822. The maximum absolute atomic E-state index is 12.5. The predicted octanol–water partition coefficient (Wildman–Crippen LogP) is 1.79. The van der Waals surface area contributed by atoms with Gasteiger partial charge in [0.1, 0.15) is 5.92 Å². The Morgan fingerprint density at radius 3 is 2.28 bits per heavy atom. The summed E-state index contributed by atoms with van der Waals surface area (Å²) in [4.78, 5) is 26.3. The second-order valence-electron chi connectivity index (χ2n) is 5.49. The minimum atomic E-state index is -0.694. The Balaban J connectivity index is 2.81. The molecule has 0 saturated carbocycles. The highest BCUT2D eigenvalue weighted by molar-refractivity contribution is 7.99. The van der Waals surface area contributed by atoms with E-state index in [9.17, 15) is 9.59 Å². The molecule has 0 bridgehead atoms. The van der Waals surface area contributed by atoms with Gasteiger partial charge >= 0.3 is 5.97 Å². The van der Waals surface area contributed by atoms with Crippen molar-refractivity contribution in [3.05, 3.63) is 0 Å². The van der Waals surface area contributed by atoms with Gasteiger partial charge in [-0.15, -0.1) is 0 Å². The monoisotopic (exact) mass is 273 g/mol. The van der Waals surface area contributed by atoms with Crippen molar-refractivity contribution in [2.45, 2.75) is 27.7 Å². The number of ether oxygens (including phenoxy) is 1. The van der Waals surface area contributed by atoms with E-state index < -0.39 is 17.3 Å². The number of hydrogen-bond acceptors (Lipinski definition) is 4. The topological polar surface area (TPSA) is 46.6 Å². The summed E-state index contributed by atoms with van der Waals surface area (Å²) in [7, 11) is 0. The highest BCUT2D eigenvalue weighted by Crippen LogP contribution is 2.29. The molecule has 1 fully saturated rings. The summed E-state index contributed by atoms with van der Waals surface area (Å²) in [5, 5.41) is 0. The zero-order chi connectivity index (χ0) is 13.8. The Bertz CT molecular complexity index is 306. The van der Waals surface area contributed by atoms with Crippen molar-refractivity contribution in [1.29, 1.82) is 0 Å². The van der Waals surface area contributed by atoms with Gasteiger partial charge in [-0.3, -0.25) is 9.59 Å². The van der Waals surface area contributed by atoms with Gasteiger partial charge in [0.25, 0.3) is 0 Å². The van der Waals surface area contributed by atoms with Gasteiger partial charge in [-0.2, -0.15) is 11.8 Å². The van der Waals surface area contributed by atoms with Crippen LogP contribution in [0.3, 0.4) is 0 Å². The fraction of sp³-hybridized carbons (Fsp3) is 0.846. The number of nitrogens with zero attached hydrogens (tertiary/aromatic N) is 1. The SMILES string of the molecule is CCOC(=O)C(C(=O)N1CCSCC1)C(C)(C)C. The van der Waals surface area contributed by atoms with Gasteiger partial charge in [0.2, 0.25) is 5.91 Å². The first-order chi connectivity index (χ1) is 8.38. The summed E-state index contributed by atoms with van der Waals surface area (Å²) in [5.74, 6) is 0.728. The molecule has 1 rings (SSSR count). The molecule has 0 spiro atoms. The first-order valence-electron chi connectivity index (χ1n) is 6.41. The van der Waals surface area contributed by atoms with Crippen LogP contribution in [0.1, 0.15) is 27.7 Å². The molecule has 4 nitrogen and oxygen atoms in total. The lowest BCUT2D eigenvalue weighted by Crippen LogP contribution is -2.48. The van der Waals surface area contributed by atoms with E-state index in [1.54, 1.807) is 11.8 Å². The first kappa shape index (κ1) is 15.3. The zero-order valence-corrected chi connectivity index (χ0v) is 12.5. The van der Waals surface area contributed by atoms with E-state index in [0.717, 1.165) is 24.6 Å². The van der Waals surface area contributed by atoms with Crippen molar-refractivity contribution >= 4 is 23.6 Å². The molecule has 18 heavy (non-hydrogen) atoms. The van der Waals surface area contributed by atoms with Gasteiger partial charge < -0.3 is 9.64 Å². The molecule has 1 heterocycles. The third-order valence-electron chi connectivity index (χ3n) is 2.96. The Hall–Kier alpha value is -0.710. The van der Waals surface area contributed by atoms with Crippen molar-refractivity contribution in [2.75, 3.05) is 31.2 Å². The summed E-state index contributed by atoms with van der Waals surface area (Å²) in [6.07, 6.45) is 0. The van der Waals surface area contributed by atoms with Crippen LogP contribution in [0.25, 0.3) is 0 Å². The number of thioether (sulfide) groups is 1. The van der Waals surface area contributed by atoms with Crippen LogP contribution < -0.4 is 0 Å². The van der Waals surface area contributed by atoms with E-state index >= 15 is 0 Å². The third kappa shape index (κ3) is 3.90. The van der Waals surface area contributed by atoms with Crippen molar-refractivity contribution in [1.82, 2.24) is 4.90 Å². The Morgan fingerprint density at radius 1 is 1.28 bits per heavy atom. The summed E-state index contributed by atoms with van der Waals surface area (Å²) in [6.45, 7) is 9.26. The van der Waals surface area contributed by atoms with E-state index in [1.807, 2.05) is 32.5 Å². The summed E-state index contributed by atoms with van der Waals surface area (Å²) >= 11 is 1.84. The molecule has 104 valence electrons. The fourth-order valence-electron chi connectivity index (χ4n) is 2.02. The molecule has 0 aromatic rings. The standard InChI is InChI=1S/C13H23NO3S/c1-5-17-12(16)10(13(2,3)4)11(15)14-6-8-18-9-7-14/h10H,5-9H2,1-4H3. The van der Waals surface area contributed by atoms with E-state index in [0.29, 0.717) is 6.61 Å².